The number of primary amides is 1. The van der Waals surface area contributed by atoms with Gasteiger partial charge in [-0.3, -0.25) is 4.79 Å². The Bertz CT molecular complexity index is 722. The highest BCUT2D eigenvalue weighted by atomic mass is 35.5. The van der Waals surface area contributed by atoms with Gasteiger partial charge < -0.3 is 20.1 Å². The van der Waals surface area contributed by atoms with Crippen molar-refractivity contribution in [1.29, 1.82) is 0 Å². The van der Waals surface area contributed by atoms with Crippen LogP contribution in [0.4, 0.5) is 0 Å². The van der Waals surface area contributed by atoms with E-state index < -0.39 is 13.0 Å². The minimum absolute atomic E-state index is 0.281. The van der Waals surface area contributed by atoms with Crippen LogP contribution in [0.3, 0.4) is 0 Å². The molecule has 2 aromatic rings. The highest BCUT2D eigenvalue weighted by Crippen LogP contribution is 2.30. The average Bonchev–Trinajstić information content (AvgIpc) is 2.82. The molecular formula is C14H11BClNO4. The summed E-state index contributed by atoms with van der Waals surface area (Å²) < 4.78 is 10.8. The minimum atomic E-state index is -0.934. The summed E-state index contributed by atoms with van der Waals surface area (Å²) in [6.45, 7) is 0.380. The van der Waals surface area contributed by atoms with Gasteiger partial charge in [0, 0.05) is 5.56 Å². The normalized spacial score (nSPS) is 13.1. The van der Waals surface area contributed by atoms with Crippen LogP contribution in [0.2, 0.25) is 5.02 Å². The van der Waals surface area contributed by atoms with E-state index in [4.69, 9.17) is 26.7 Å². The number of ether oxygens (including phenoxy) is 1. The molecule has 0 spiro atoms. The Morgan fingerprint density at radius 1 is 1.33 bits per heavy atom. The molecule has 0 atom stereocenters. The number of benzene rings is 2. The molecule has 1 amide bonds. The van der Waals surface area contributed by atoms with Gasteiger partial charge in [-0.05, 0) is 41.4 Å². The highest BCUT2D eigenvalue weighted by molar-refractivity contribution is 6.61. The van der Waals surface area contributed by atoms with Crippen LogP contribution in [0.1, 0.15) is 15.9 Å². The van der Waals surface area contributed by atoms with Gasteiger partial charge in [0.05, 0.1) is 11.6 Å². The molecule has 1 aliphatic heterocycles. The lowest BCUT2D eigenvalue weighted by Gasteiger charge is -2.09. The topological polar surface area (TPSA) is 81.8 Å². The summed E-state index contributed by atoms with van der Waals surface area (Å²) in [6, 6.07) is 9.85. The van der Waals surface area contributed by atoms with Crippen molar-refractivity contribution in [2.24, 2.45) is 5.73 Å². The van der Waals surface area contributed by atoms with Crippen LogP contribution in [-0.4, -0.2) is 18.0 Å². The van der Waals surface area contributed by atoms with Crippen molar-refractivity contribution in [2.45, 2.75) is 6.61 Å². The van der Waals surface area contributed by atoms with Gasteiger partial charge in [-0.2, -0.15) is 0 Å². The van der Waals surface area contributed by atoms with Crippen LogP contribution in [0.15, 0.2) is 36.4 Å². The van der Waals surface area contributed by atoms with Gasteiger partial charge in [0.2, 0.25) is 5.91 Å². The molecule has 5 nitrogen and oxygen atoms in total. The number of hydrogen-bond donors (Lipinski definition) is 2. The maximum Gasteiger partial charge on any atom is 0.491 e. The fourth-order valence-corrected chi connectivity index (χ4v) is 2.34. The molecule has 0 bridgehead atoms. The maximum absolute atomic E-state index is 11.1. The van der Waals surface area contributed by atoms with Crippen molar-refractivity contribution in [3.8, 4) is 11.5 Å². The first-order valence-corrected chi connectivity index (χ1v) is 6.62. The minimum Gasteiger partial charge on any atom is -0.456 e. The second kappa shape index (κ2) is 5.40. The largest absolute Gasteiger partial charge is 0.491 e. The van der Waals surface area contributed by atoms with Crippen LogP contribution in [0, 0.1) is 0 Å². The third kappa shape index (κ3) is 2.74. The molecule has 1 aliphatic rings. The smallest absolute Gasteiger partial charge is 0.456 e. The Balaban J connectivity index is 1.87. The Labute approximate surface area is 126 Å². The summed E-state index contributed by atoms with van der Waals surface area (Å²) in [5.74, 6) is 0.364. The average molecular weight is 304 g/mol. The zero-order valence-electron chi connectivity index (χ0n) is 10.9. The summed E-state index contributed by atoms with van der Waals surface area (Å²) in [7, 11) is -0.934. The third-order valence-electron chi connectivity index (χ3n) is 3.22. The van der Waals surface area contributed by atoms with Crippen molar-refractivity contribution >= 4 is 30.1 Å². The van der Waals surface area contributed by atoms with Gasteiger partial charge in [-0.15, -0.1) is 0 Å². The summed E-state index contributed by atoms with van der Waals surface area (Å²) in [5.41, 5.74) is 7.09. The maximum atomic E-state index is 11.1. The number of halogens is 1. The van der Waals surface area contributed by atoms with E-state index >= 15 is 0 Å². The lowest BCUT2D eigenvalue weighted by Crippen LogP contribution is -2.27. The number of hydrogen-bond acceptors (Lipinski definition) is 4. The first-order valence-electron chi connectivity index (χ1n) is 6.24. The summed E-state index contributed by atoms with van der Waals surface area (Å²) in [4.78, 5) is 11.1. The lowest BCUT2D eigenvalue weighted by molar-refractivity contribution is 0.100. The predicted octanol–water partition coefficient (Wildman–Crippen LogP) is 1.45. The molecule has 0 saturated heterocycles. The van der Waals surface area contributed by atoms with E-state index in [1.807, 2.05) is 6.07 Å². The van der Waals surface area contributed by atoms with Gasteiger partial charge in [0.15, 0.2) is 0 Å². The van der Waals surface area contributed by atoms with Crippen molar-refractivity contribution in [3.63, 3.8) is 0 Å². The van der Waals surface area contributed by atoms with Gasteiger partial charge in [0.1, 0.15) is 11.5 Å². The molecule has 0 aliphatic carbocycles. The van der Waals surface area contributed by atoms with Gasteiger partial charge in [-0.25, -0.2) is 0 Å². The van der Waals surface area contributed by atoms with E-state index in [1.165, 1.54) is 12.1 Å². The van der Waals surface area contributed by atoms with E-state index in [0.29, 0.717) is 29.1 Å². The van der Waals surface area contributed by atoms with Crippen LogP contribution in [0.25, 0.3) is 0 Å². The summed E-state index contributed by atoms with van der Waals surface area (Å²) in [6.07, 6.45) is 0. The molecule has 21 heavy (non-hydrogen) atoms. The predicted molar refractivity (Wildman–Crippen MR) is 78.9 cm³/mol. The monoisotopic (exact) mass is 303 g/mol. The van der Waals surface area contributed by atoms with E-state index in [0.717, 1.165) is 5.56 Å². The van der Waals surface area contributed by atoms with Gasteiger partial charge in [-0.1, -0.05) is 17.7 Å². The first kappa shape index (κ1) is 13.9. The Kier molecular flexibility index (Phi) is 3.59. The zero-order chi connectivity index (χ0) is 15.0. The molecule has 0 radical (unpaired) electrons. The number of carbonyl (C=O) groups excluding carboxylic acids is 1. The molecular weight excluding hydrogens is 292 g/mol. The molecule has 0 aromatic heterocycles. The van der Waals surface area contributed by atoms with Gasteiger partial charge in [0.25, 0.3) is 0 Å². The molecule has 0 unspecified atom stereocenters. The molecule has 1 heterocycles. The molecule has 3 N–H and O–H groups in total. The fraction of sp³-hybridized carbons (Fsp3) is 0.0714. The standard InChI is InChI=1S/C14H11BClNO4/c16-12-5-8(14(17)18)2-4-13(12)21-10-3-1-9-7-20-15(19)11(9)6-10/h1-6,19H,7H2,(H2,17,18). The zero-order valence-corrected chi connectivity index (χ0v) is 11.6. The Morgan fingerprint density at radius 3 is 2.86 bits per heavy atom. The number of fused-ring (bicyclic) bond motifs is 1. The van der Waals surface area contributed by atoms with E-state index in [-0.39, 0.29) is 5.02 Å². The third-order valence-corrected chi connectivity index (χ3v) is 3.52. The molecule has 106 valence electrons. The summed E-state index contributed by atoms with van der Waals surface area (Å²) >= 11 is 6.06. The van der Waals surface area contributed by atoms with Crippen LogP contribution in [0.5, 0.6) is 11.5 Å². The molecule has 7 heteroatoms. The van der Waals surface area contributed by atoms with Gasteiger partial charge >= 0.3 is 7.12 Å². The molecule has 3 rings (SSSR count). The van der Waals surface area contributed by atoms with Crippen molar-refractivity contribution in [2.75, 3.05) is 0 Å². The molecule has 0 saturated carbocycles. The quantitative estimate of drug-likeness (QED) is 0.841. The van der Waals surface area contributed by atoms with Crippen molar-refractivity contribution in [3.05, 3.63) is 52.5 Å². The van der Waals surface area contributed by atoms with E-state index in [9.17, 15) is 9.82 Å². The molecule has 0 fully saturated rings. The number of nitrogens with two attached hydrogens (primary N) is 1. The Hall–Kier alpha value is -2.02. The number of amides is 1. The fourth-order valence-electron chi connectivity index (χ4n) is 2.12. The second-order valence-corrected chi connectivity index (χ2v) is 5.04. The molecule has 2 aromatic carbocycles. The lowest BCUT2D eigenvalue weighted by atomic mass is 9.79. The van der Waals surface area contributed by atoms with Crippen LogP contribution >= 0.6 is 11.6 Å². The van der Waals surface area contributed by atoms with Crippen LogP contribution in [-0.2, 0) is 11.3 Å². The van der Waals surface area contributed by atoms with Crippen molar-refractivity contribution < 1.29 is 19.2 Å². The number of rotatable bonds is 3. The Morgan fingerprint density at radius 2 is 2.14 bits per heavy atom. The van der Waals surface area contributed by atoms with Crippen LogP contribution < -0.4 is 15.9 Å². The second-order valence-electron chi connectivity index (χ2n) is 4.64. The highest BCUT2D eigenvalue weighted by Gasteiger charge is 2.27. The van der Waals surface area contributed by atoms with E-state index in [1.54, 1.807) is 18.2 Å². The van der Waals surface area contributed by atoms with Crippen molar-refractivity contribution in [1.82, 2.24) is 0 Å². The SMILES string of the molecule is NC(=O)c1ccc(Oc2ccc3c(c2)B(O)OC3)c(Cl)c1. The summed E-state index contributed by atoms with van der Waals surface area (Å²) in [5, 5.41) is 9.95. The number of carbonyl (C=O) groups is 1. The van der Waals surface area contributed by atoms with E-state index in [2.05, 4.69) is 0 Å². The first-order chi connectivity index (χ1) is 10.0.